The average molecular weight is 931 g/mol. The number of aryl methyl sites for hydroxylation is 1. The van der Waals surface area contributed by atoms with Crippen molar-refractivity contribution in [3.63, 3.8) is 0 Å². The maximum atomic E-state index is 13.6. The zero-order chi connectivity index (χ0) is 47.6. The Morgan fingerprint density at radius 2 is 1.57 bits per heavy atom. The number of ether oxygens (including phenoxy) is 3. The zero-order valence-electron chi connectivity index (χ0n) is 38.7. The monoisotopic (exact) mass is 930 g/mol. The third-order valence-corrected chi connectivity index (χ3v) is 12.7. The lowest BCUT2D eigenvalue weighted by atomic mass is 9.93. The van der Waals surface area contributed by atoms with Crippen LogP contribution in [0.5, 0.6) is 5.88 Å². The average Bonchev–Trinajstić information content (AvgIpc) is 3.87. The molecule has 2 aliphatic carbocycles. The second-order valence-corrected chi connectivity index (χ2v) is 17.4. The van der Waals surface area contributed by atoms with Crippen LogP contribution in [0, 0.1) is 6.92 Å². The second kappa shape index (κ2) is 22.3. The zero-order valence-corrected chi connectivity index (χ0v) is 38.7. The molecular weight excluding hydrogens is 873 g/mol. The number of amides is 3. The number of nitrogens with one attached hydrogen (secondary N) is 4. The van der Waals surface area contributed by atoms with Crippen LogP contribution >= 0.6 is 0 Å². The van der Waals surface area contributed by atoms with Crippen molar-refractivity contribution in [2.24, 2.45) is 0 Å². The number of nitrogens with zero attached hydrogens (tertiary/aromatic N) is 8. The highest BCUT2D eigenvalue weighted by Gasteiger charge is 2.27. The van der Waals surface area contributed by atoms with Crippen LogP contribution in [0.15, 0.2) is 65.7 Å². The number of ketones is 1. The predicted octanol–water partition coefficient (Wildman–Crippen LogP) is 4.83. The number of Topliss-reactive ketones (excluding diaryl/α,β-unsaturated/α-hetero) is 1. The molecule has 68 heavy (non-hydrogen) atoms. The van der Waals surface area contributed by atoms with Crippen molar-refractivity contribution < 1.29 is 33.4 Å². The van der Waals surface area contributed by atoms with Crippen LogP contribution in [0.1, 0.15) is 90.6 Å². The number of aromatic nitrogens is 6. The van der Waals surface area contributed by atoms with Gasteiger partial charge in [0.25, 0.3) is 11.5 Å². The maximum absolute atomic E-state index is 13.6. The molecule has 0 unspecified atom stereocenters. The first-order valence-corrected chi connectivity index (χ1v) is 23.2. The van der Waals surface area contributed by atoms with E-state index in [2.05, 4.69) is 51.2 Å². The van der Waals surface area contributed by atoms with E-state index >= 15 is 0 Å². The molecule has 358 valence electrons. The third-order valence-electron chi connectivity index (χ3n) is 12.7. The molecule has 0 atom stereocenters. The number of methoxy groups -OCH3 is 1. The Balaban J connectivity index is 0.710. The minimum absolute atomic E-state index is 0.00635. The van der Waals surface area contributed by atoms with Gasteiger partial charge in [0.05, 0.1) is 61.7 Å². The largest absolute Gasteiger partial charge is 0.480 e. The second-order valence-electron chi connectivity index (χ2n) is 17.4. The van der Waals surface area contributed by atoms with E-state index in [0.717, 1.165) is 83.2 Å². The van der Waals surface area contributed by atoms with E-state index in [1.807, 2.05) is 18.3 Å². The van der Waals surface area contributed by atoms with Gasteiger partial charge in [-0.3, -0.25) is 33.4 Å². The molecule has 1 saturated heterocycles. The normalized spacial score (nSPS) is 17.7. The van der Waals surface area contributed by atoms with Crippen molar-refractivity contribution in [1.29, 1.82) is 0 Å². The van der Waals surface area contributed by atoms with Crippen LogP contribution in [0.4, 0.5) is 29.0 Å². The summed E-state index contributed by atoms with van der Waals surface area (Å²) in [5, 5.41) is 20.2. The number of para-hydroxylation sites is 1. The number of hydrogen-bond donors (Lipinski definition) is 4. The SMILES string of the molecule is COc1ccc(NC(=O)c2ccccc2NC(=O)COCCO[C@H]2CC[C@H](NC(=O)CN3CCN(c4ccc(Nc5ncc6c(C)c(C(C)=O)c(=O)n(C7CCCC7)c6n5)nc4)CC3)CC2)nn1. The van der Waals surface area contributed by atoms with Crippen LogP contribution in [-0.4, -0.2) is 130 Å². The molecule has 3 amide bonds. The van der Waals surface area contributed by atoms with E-state index in [1.165, 1.54) is 14.0 Å². The lowest BCUT2D eigenvalue weighted by Crippen LogP contribution is -2.51. The molecule has 4 aromatic heterocycles. The fourth-order valence-electron chi connectivity index (χ4n) is 9.18. The van der Waals surface area contributed by atoms with Gasteiger partial charge in [-0.1, -0.05) is 25.0 Å². The fourth-order valence-corrected chi connectivity index (χ4v) is 9.18. The number of rotatable bonds is 18. The molecule has 5 heterocycles. The predicted molar refractivity (Wildman–Crippen MR) is 255 cm³/mol. The van der Waals surface area contributed by atoms with Crippen LogP contribution in [0.3, 0.4) is 0 Å². The molecule has 3 aliphatic rings. The van der Waals surface area contributed by atoms with E-state index in [1.54, 1.807) is 54.1 Å². The van der Waals surface area contributed by atoms with Crippen molar-refractivity contribution in [2.45, 2.75) is 83.4 Å². The summed E-state index contributed by atoms with van der Waals surface area (Å²) in [7, 11) is 1.47. The Morgan fingerprint density at radius 3 is 2.28 bits per heavy atom. The van der Waals surface area contributed by atoms with E-state index < -0.39 is 11.8 Å². The summed E-state index contributed by atoms with van der Waals surface area (Å²) in [5.41, 5.74) is 2.60. The number of fused-ring (bicyclic) bond motifs is 1. The highest BCUT2D eigenvalue weighted by atomic mass is 16.5. The Labute approximate surface area is 393 Å². The van der Waals surface area contributed by atoms with Gasteiger partial charge in [-0.2, -0.15) is 4.98 Å². The van der Waals surface area contributed by atoms with E-state index in [4.69, 9.17) is 19.2 Å². The Kier molecular flexibility index (Phi) is 15.6. The maximum Gasteiger partial charge on any atom is 0.263 e. The van der Waals surface area contributed by atoms with Gasteiger partial charge in [0.2, 0.25) is 23.6 Å². The number of anilines is 5. The molecule has 20 nitrogen and oxygen atoms in total. The first-order valence-electron chi connectivity index (χ1n) is 23.2. The molecule has 2 saturated carbocycles. The van der Waals surface area contributed by atoms with E-state index in [9.17, 15) is 24.0 Å². The van der Waals surface area contributed by atoms with Crippen molar-refractivity contribution >= 4 is 63.5 Å². The molecule has 3 fully saturated rings. The minimum atomic E-state index is -0.459. The minimum Gasteiger partial charge on any atom is -0.480 e. The van der Waals surface area contributed by atoms with Crippen molar-refractivity contribution in [3.05, 3.63) is 88.0 Å². The third kappa shape index (κ3) is 11.8. The van der Waals surface area contributed by atoms with Gasteiger partial charge < -0.3 is 40.4 Å². The lowest BCUT2D eigenvalue weighted by molar-refractivity contribution is -0.124. The highest BCUT2D eigenvalue weighted by molar-refractivity contribution is 6.09. The summed E-state index contributed by atoms with van der Waals surface area (Å²) >= 11 is 0. The molecule has 20 heteroatoms. The summed E-state index contributed by atoms with van der Waals surface area (Å²) in [6.07, 6.45) is 10.6. The molecule has 0 bridgehead atoms. The number of piperazine rings is 1. The smallest absolute Gasteiger partial charge is 0.263 e. The van der Waals surface area contributed by atoms with Gasteiger partial charge >= 0.3 is 0 Å². The number of benzene rings is 1. The van der Waals surface area contributed by atoms with Crippen molar-refractivity contribution in [1.82, 2.24) is 39.9 Å². The van der Waals surface area contributed by atoms with Crippen LogP contribution in [0.2, 0.25) is 0 Å². The van der Waals surface area contributed by atoms with Gasteiger partial charge in [0.1, 0.15) is 18.1 Å². The fraction of sp³-hybridized carbons (Fsp3) is 0.458. The molecule has 0 radical (unpaired) electrons. The molecule has 5 aromatic rings. The van der Waals surface area contributed by atoms with Crippen LogP contribution < -0.4 is 36.5 Å². The van der Waals surface area contributed by atoms with Gasteiger partial charge in [-0.15, -0.1) is 10.2 Å². The summed E-state index contributed by atoms with van der Waals surface area (Å²) in [6, 6.07) is 13.7. The Bertz CT molecular complexity index is 2640. The highest BCUT2D eigenvalue weighted by Crippen LogP contribution is 2.32. The number of hydrogen-bond acceptors (Lipinski definition) is 16. The first kappa shape index (κ1) is 47.6. The number of carbonyl (C=O) groups excluding carboxylic acids is 4. The summed E-state index contributed by atoms with van der Waals surface area (Å²) in [4.78, 5) is 83.0. The molecular formula is C48H58N12O8. The first-order chi connectivity index (χ1) is 33.0. The Hall–Kier alpha value is -6.90. The topological polar surface area (TPSA) is 237 Å². The Morgan fingerprint density at radius 1 is 0.809 bits per heavy atom. The number of pyridine rings is 2. The lowest BCUT2D eigenvalue weighted by Gasteiger charge is -2.36. The van der Waals surface area contributed by atoms with Crippen LogP contribution in [-0.2, 0) is 19.1 Å². The molecule has 1 aromatic carbocycles. The van der Waals surface area contributed by atoms with E-state index in [0.29, 0.717) is 53.1 Å². The van der Waals surface area contributed by atoms with Gasteiger partial charge in [0, 0.05) is 55.9 Å². The summed E-state index contributed by atoms with van der Waals surface area (Å²) < 4.78 is 18.3. The molecule has 4 N–H and O–H groups in total. The van der Waals surface area contributed by atoms with Gasteiger partial charge in [0.15, 0.2) is 11.6 Å². The van der Waals surface area contributed by atoms with Gasteiger partial charge in [-0.25, -0.2) is 9.97 Å². The number of carbonyl (C=O) groups is 4. The standard InChI is InChI=1S/C48H58N12O8/c1-30-37-27-50-48(55-45(37)60(33-8-4-5-9-33)47(65)44(30)31(2)61)54-39-17-14-34(26-49-39)59-22-20-58(21-23-59)28-41(62)51-32-12-15-35(16-13-32)68-25-24-67-29-42(63)52-38-11-7-6-10-36(38)46(64)53-40-18-19-43(66-3)57-56-40/h6-7,10-11,14,17-19,26-27,32-33,35H,4-5,8-9,12-13,15-16,20-25,28-29H2,1-3H3,(H,51,62)(H,52,63)(H,53,56,64)(H,49,50,54,55)/t32-,35-. The van der Waals surface area contributed by atoms with Crippen LogP contribution in [0.25, 0.3) is 11.0 Å². The summed E-state index contributed by atoms with van der Waals surface area (Å²) in [6.45, 7) is 6.88. The molecule has 8 rings (SSSR count). The quantitative estimate of drug-likeness (QED) is 0.0680. The van der Waals surface area contributed by atoms with Gasteiger partial charge in [-0.05, 0) is 88.3 Å². The van der Waals surface area contributed by atoms with Crippen molar-refractivity contribution in [2.75, 3.05) is 80.5 Å². The molecule has 0 spiro atoms. The summed E-state index contributed by atoms with van der Waals surface area (Å²) in [5.74, 6) is 0.341. The molecule has 1 aliphatic heterocycles. The van der Waals surface area contributed by atoms with Crippen molar-refractivity contribution in [3.8, 4) is 5.88 Å². The van der Waals surface area contributed by atoms with E-state index in [-0.39, 0.29) is 65.6 Å².